The second-order valence-electron chi connectivity index (χ2n) is 7.06. The number of amides is 2. The number of para-hydroxylation sites is 1. The molecule has 0 atom stereocenters. The molecule has 1 fully saturated rings. The summed E-state index contributed by atoms with van der Waals surface area (Å²) in [6.07, 6.45) is 0.695. The maximum absolute atomic E-state index is 12.0. The first-order valence-electron chi connectivity index (χ1n) is 10.1. The average Bonchev–Trinajstić information content (AvgIpc) is 2.78. The lowest BCUT2D eigenvalue weighted by atomic mass is 10.2. The molecule has 0 spiro atoms. The summed E-state index contributed by atoms with van der Waals surface area (Å²) in [5.74, 6) is 0.273. The molecule has 0 saturated carbocycles. The van der Waals surface area contributed by atoms with Crippen molar-refractivity contribution in [1.82, 2.24) is 15.8 Å². The number of nitrogens with one attached hydrogen (secondary N) is 2. The molecule has 1 heterocycles. The Labute approximate surface area is 186 Å². The lowest BCUT2D eigenvalue weighted by molar-refractivity contribution is -0.128. The van der Waals surface area contributed by atoms with Gasteiger partial charge in [-0.2, -0.15) is 0 Å². The van der Waals surface area contributed by atoms with Crippen LogP contribution in [-0.2, 0) is 9.59 Å². The van der Waals surface area contributed by atoms with Crippen molar-refractivity contribution < 1.29 is 9.59 Å². The fraction of sp³-hybridized carbons (Fsp3) is 0.364. The molecular weight excluding hydrogens is 420 g/mol. The van der Waals surface area contributed by atoms with Crippen molar-refractivity contribution in [3.63, 3.8) is 0 Å². The molecule has 2 aromatic rings. The van der Waals surface area contributed by atoms with E-state index in [1.165, 1.54) is 5.69 Å². The van der Waals surface area contributed by atoms with Gasteiger partial charge in [-0.05, 0) is 36.4 Å². The molecule has 0 aromatic heterocycles. The first-order chi connectivity index (χ1) is 14.6. The molecule has 1 saturated heterocycles. The number of thioether (sulfide) groups is 1. The summed E-state index contributed by atoms with van der Waals surface area (Å²) in [7, 11) is 0. The molecule has 0 unspecified atom stereocenters. The second-order valence-corrected chi connectivity index (χ2v) is 8.67. The smallest absolute Gasteiger partial charge is 0.239 e. The molecule has 2 amide bonds. The summed E-state index contributed by atoms with van der Waals surface area (Å²) < 4.78 is 0. The number of rotatable bonds is 8. The van der Waals surface area contributed by atoms with Gasteiger partial charge in [-0.15, -0.1) is 11.8 Å². The monoisotopic (exact) mass is 446 g/mol. The molecule has 8 heteroatoms. The SMILES string of the molecule is O=C(CCSc1ccc(Cl)cc1)NNC(=O)CCN1CCN(c2ccccc2)CC1. The van der Waals surface area contributed by atoms with Crippen LogP contribution in [-0.4, -0.2) is 55.2 Å². The van der Waals surface area contributed by atoms with Crippen LogP contribution in [0.2, 0.25) is 5.02 Å². The number of hydrogen-bond acceptors (Lipinski definition) is 5. The van der Waals surface area contributed by atoms with E-state index in [0.717, 1.165) is 31.1 Å². The summed E-state index contributed by atoms with van der Waals surface area (Å²) in [5.41, 5.74) is 6.25. The Morgan fingerprint density at radius 3 is 2.17 bits per heavy atom. The van der Waals surface area contributed by atoms with Gasteiger partial charge in [0, 0.05) is 66.9 Å². The van der Waals surface area contributed by atoms with Crippen LogP contribution in [0.3, 0.4) is 0 Å². The number of anilines is 1. The van der Waals surface area contributed by atoms with Crippen molar-refractivity contribution >= 4 is 40.9 Å². The van der Waals surface area contributed by atoms with Crippen LogP contribution in [0, 0.1) is 0 Å². The maximum atomic E-state index is 12.0. The van der Waals surface area contributed by atoms with Crippen molar-refractivity contribution in [3.8, 4) is 0 Å². The van der Waals surface area contributed by atoms with Crippen LogP contribution in [0.25, 0.3) is 0 Å². The van der Waals surface area contributed by atoms with E-state index in [1.54, 1.807) is 11.8 Å². The summed E-state index contributed by atoms with van der Waals surface area (Å²) >= 11 is 7.43. The third-order valence-electron chi connectivity index (χ3n) is 4.90. The van der Waals surface area contributed by atoms with Gasteiger partial charge in [0.25, 0.3) is 0 Å². The maximum Gasteiger partial charge on any atom is 0.239 e. The van der Waals surface area contributed by atoms with E-state index in [4.69, 9.17) is 11.6 Å². The van der Waals surface area contributed by atoms with Crippen LogP contribution in [0.5, 0.6) is 0 Å². The summed E-state index contributed by atoms with van der Waals surface area (Å²) in [6.45, 7) is 4.45. The minimum Gasteiger partial charge on any atom is -0.369 e. The zero-order valence-electron chi connectivity index (χ0n) is 16.9. The van der Waals surface area contributed by atoms with Gasteiger partial charge in [0.1, 0.15) is 0 Å². The van der Waals surface area contributed by atoms with E-state index in [1.807, 2.05) is 30.3 Å². The fourth-order valence-electron chi connectivity index (χ4n) is 3.18. The Kier molecular flexibility index (Phi) is 8.86. The lowest BCUT2D eigenvalue weighted by Gasteiger charge is -2.36. The van der Waals surface area contributed by atoms with E-state index in [0.29, 0.717) is 30.2 Å². The van der Waals surface area contributed by atoms with Crippen LogP contribution in [0.4, 0.5) is 5.69 Å². The van der Waals surface area contributed by atoms with Crippen molar-refractivity contribution in [2.45, 2.75) is 17.7 Å². The third-order valence-corrected chi connectivity index (χ3v) is 6.17. The number of hydrazine groups is 1. The van der Waals surface area contributed by atoms with Gasteiger partial charge in [0.15, 0.2) is 0 Å². The number of carbonyl (C=O) groups is 2. The first-order valence-corrected chi connectivity index (χ1v) is 11.4. The Balaban J connectivity index is 1.25. The van der Waals surface area contributed by atoms with Crippen LogP contribution < -0.4 is 15.8 Å². The second kappa shape index (κ2) is 11.8. The molecule has 160 valence electrons. The summed E-state index contributed by atoms with van der Waals surface area (Å²) in [6, 6.07) is 17.9. The Morgan fingerprint density at radius 1 is 0.867 bits per heavy atom. The predicted molar refractivity (Wildman–Crippen MR) is 123 cm³/mol. The highest BCUT2D eigenvalue weighted by atomic mass is 35.5. The molecule has 6 nitrogen and oxygen atoms in total. The van der Waals surface area contributed by atoms with Crippen molar-refractivity contribution in [2.75, 3.05) is 43.4 Å². The van der Waals surface area contributed by atoms with Gasteiger partial charge in [0.05, 0.1) is 0 Å². The van der Waals surface area contributed by atoms with Gasteiger partial charge in [-0.3, -0.25) is 25.3 Å². The molecule has 2 N–H and O–H groups in total. The highest BCUT2D eigenvalue weighted by Gasteiger charge is 2.17. The molecule has 0 bridgehead atoms. The number of hydrogen-bond donors (Lipinski definition) is 2. The number of halogens is 1. The van der Waals surface area contributed by atoms with Gasteiger partial charge >= 0.3 is 0 Å². The van der Waals surface area contributed by atoms with E-state index < -0.39 is 0 Å². The molecule has 0 aliphatic carbocycles. The van der Waals surface area contributed by atoms with Crippen LogP contribution in [0.15, 0.2) is 59.5 Å². The zero-order valence-corrected chi connectivity index (χ0v) is 18.4. The number of nitrogens with zero attached hydrogens (tertiary/aromatic N) is 2. The zero-order chi connectivity index (χ0) is 21.2. The number of benzene rings is 2. The lowest BCUT2D eigenvalue weighted by Crippen LogP contribution is -2.48. The van der Waals surface area contributed by atoms with Crippen LogP contribution >= 0.6 is 23.4 Å². The summed E-state index contributed by atoms with van der Waals surface area (Å²) in [4.78, 5) is 29.6. The Morgan fingerprint density at radius 2 is 1.50 bits per heavy atom. The molecule has 1 aliphatic heterocycles. The van der Waals surface area contributed by atoms with Crippen molar-refractivity contribution in [2.24, 2.45) is 0 Å². The fourth-order valence-corrected chi connectivity index (χ4v) is 4.16. The first kappa shape index (κ1) is 22.5. The Bertz CT molecular complexity index is 812. The molecule has 30 heavy (non-hydrogen) atoms. The number of piperazine rings is 1. The molecule has 0 radical (unpaired) electrons. The molecule has 2 aromatic carbocycles. The number of carbonyl (C=O) groups excluding carboxylic acids is 2. The van der Waals surface area contributed by atoms with Gasteiger partial charge in [-0.25, -0.2) is 0 Å². The van der Waals surface area contributed by atoms with E-state index in [2.05, 4.69) is 44.9 Å². The highest BCUT2D eigenvalue weighted by molar-refractivity contribution is 7.99. The van der Waals surface area contributed by atoms with Gasteiger partial charge in [0.2, 0.25) is 11.8 Å². The van der Waals surface area contributed by atoms with E-state index >= 15 is 0 Å². The topological polar surface area (TPSA) is 64.7 Å². The van der Waals surface area contributed by atoms with E-state index in [9.17, 15) is 9.59 Å². The van der Waals surface area contributed by atoms with Crippen LogP contribution in [0.1, 0.15) is 12.8 Å². The Hall–Kier alpha value is -2.22. The average molecular weight is 447 g/mol. The van der Waals surface area contributed by atoms with Gasteiger partial charge < -0.3 is 4.90 Å². The minimum absolute atomic E-state index is 0.167. The molecular formula is C22H27ClN4O2S. The standard InChI is InChI=1S/C22H27ClN4O2S/c23-18-6-8-20(9-7-18)30-17-11-22(29)25-24-21(28)10-12-26-13-15-27(16-14-26)19-4-2-1-3-5-19/h1-9H,10-17H2,(H,24,28)(H,25,29). The third kappa shape index (κ3) is 7.55. The largest absolute Gasteiger partial charge is 0.369 e. The predicted octanol–water partition coefficient (Wildman–Crippen LogP) is 3.18. The van der Waals surface area contributed by atoms with Crippen molar-refractivity contribution in [3.05, 3.63) is 59.6 Å². The summed E-state index contributed by atoms with van der Waals surface area (Å²) in [5, 5.41) is 0.692. The minimum atomic E-state index is -0.193. The van der Waals surface area contributed by atoms with Crippen molar-refractivity contribution in [1.29, 1.82) is 0 Å². The highest BCUT2D eigenvalue weighted by Crippen LogP contribution is 2.20. The molecule has 1 aliphatic rings. The molecule has 3 rings (SSSR count). The van der Waals surface area contributed by atoms with E-state index in [-0.39, 0.29) is 11.8 Å². The van der Waals surface area contributed by atoms with Gasteiger partial charge in [-0.1, -0.05) is 29.8 Å². The quantitative estimate of drug-likeness (QED) is 0.481. The normalized spacial score (nSPS) is 14.4.